The summed E-state index contributed by atoms with van der Waals surface area (Å²) in [7, 11) is 4.01. The molecule has 0 amide bonds. The van der Waals surface area contributed by atoms with Crippen molar-refractivity contribution in [2.45, 2.75) is 12.6 Å². The first-order chi connectivity index (χ1) is 10.1. The van der Waals surface area contributed by atoms with E-state index in [4.69, 9.17) is 0 Å². The Morgan fingerprint density at radius 1 is 1.05 bits per heavy atom. The summed E-state index contributed by atoms with van der Waals surface area (Å²) in [5.41, 5.74) is 3.03. The van der Waals surface area contributed by atoms with Crippen molar-refractivity contribution in [2.24, 2.45) is 0 Å². The van der Waals surface area contributed by atoms with Crippen LogP contribution in [0.15, 0.2) is 48.5 Å². The van der Waals surface area contributed by atoms with Gasteiger partial charge in [0, 0.05) is 32.9 Å². The first kappa shape index (κ1) is 15.5. The molecule has 112 valence electrons. The van der Waals surface area contributed by atoms with E-state index in [1.165, 1.54) is 12.1 Å². The molecule has 0 radical (unpaired) electrons. The highest BCUT2D eigenvalue weighted by Gasteiger charge is 2.07. The average molecular weight is 288 g/mol. The van der Waals surface area contributed by atoms with E-state index in [0.717, 1.165) is 11.3 Å². The van der Waals surface area contributed by atoms with Crippen LogP contribution in [0.4, 0.5) is 10.1 Å². The van der Waals surface area contributed by atoms with Crippen molar-refractivity contribution < 1.29 is 9.50 Å². The molecule has 0 bridgehead atoms. The van der Waals surface area contributed by atoms with E-state index in [0.29, 0.717) is 18.7 Å². The summed E-state index contributed by atoms with van der Waals surface area (Å²) in [5, 5.41) is 13.2. The van der Waals surface area contributed by atoms with Crippen molar-refractivity contribution in [1.82, 2.24) is 5.32 Å². The molecule has 0 heterocycles. The van der Waals surface area contributed by atoms with Gasteiger partial charge in [0.25, 0.3) is 0 Å². The number of aliphatic hydroxyl groups excluding tert-OH is 1. The highest BCUT2D eigenvalue weighted by atomic mass is 19.1. The minimum Gasteiger partial charge on any atom is -0.387 e. The molecule has 0 aliphatic rings. The Morgan fingerprint density at radius 2 is 1.67 bits per heavy atom. The molecule has 0 fully saturated rings. The fraction of sp³-hybridized carbons (Fsp3) is 0.294. The van der Waals surface area contributed by atoms with Crippen LogP contribution in [-0.4, -0.2) is 25.7 Å². The van der Waals surface area contributed by atoms with Crippen LogP contribution in [0.2, 0.25) is 0 Å². The normalized spacial score (nSPS) is 12.2. The van der Waals surface area contributed by atoms with Gasteiger partial charge in [-0.25, -0.2) is 4.39 Å². The third-order valence-electron chi connectivity index (χ3n) is 3.37. The van der Waals surface area contributed by atoms with Gasteiger partial charge in [-0.3, -0.25) is 0 Å². The Labute approximate surface area is 125 Å². The lowest BCUT2D eigenvalue weighted by atomic mass is 10.1. The molecule has 2 N–H and O–H groups in total. The average Bonchev–Trinajstić information content (AvgIpc) is 2.48. The molecule has 21 heavy (non-hydrogen) atoms. The minimum atomic E-state index is -0.633. The molecule has 2 aromatic rings. The van der Waals surface area contributed by atoms with Gasteiger partial charge in [-0.05, 0) is 35.4 Å². The molecule has 0 aliphatic heterocycles. The lowest BCUT2D eigenvalue weighted by Crippen LogP contribution is -2.21. The van der Waals surface area contributed by atoms with Crippen LogP contribution in [0.3, 0.4) is 0 Å². The van der Waals surface area contributed by atoms with E-state index in [1.54, 1.807) is 12.1 Å². The molecule has 4 heteroatoms. The SMILES string of the molecule is CN(C)c1ccc(CNCC(O)c2ccc(F)cc2)cc1. The van der Waals surface area contributed by atoms with Crippen LogP contribution >= 0.6 is 0 Å². The summed E-state index contributed by atoms with van der Waals surface area (Å²) in [6.45, 7) is 1.12. The summed E-state index contributed by atoms with van der Waals surface area (Å²) < 4.78 is 12.8. The van der Waals surface area contributed by atoms with E-state index < -0.39 is 6.10 Å². The summed E-state index contributed by atoms with van der Waals surface area (Å²) in [6, 6.07) is 14.2. The van der Waals surface area contributed by atoms with Gasteiger partial charge in [0.15, 0.2) is 0 Å². The van der Waals surface area contributed by atoms with Gasteiger partial charge in [0.1, 0.15) is 5.82 Å². The van der Waals surface area contributed by atoms with Crippen LogP contribution in [0, 0.1) is 5.82 Å². The predicted octanol–water partition coefficient (Wildman–Crippen LogP) is 2.71. The summed E-state index contributed by atoms with van der Waals surface area (Å²) in [4.78, 5) is 2.05. The molecule has 0 aliphatic carbocycles. The number of aliphatic hydroxyl groups is 1. The van der Waals surface area contributed by atoms with E-state index in [-0.39, 0.29) is 5.82 Å². The van der Waals surface area contributed by atoms with Gasteiger partial charge in [0.2, 0.25) is 0 Å². The van der Waals surface area contributed by atoms with Crippen LogP contribution in [-0.2, 0) is 6.54 Å². The van der Waals surface area contributed by atoms with Gasteiger partial charge >= 0.3 is 0 Å². The lowest BCUT2D eigenvalue weighted by molar-refractivity contribution is 0.174. The zero-order chi connectivity index (χ0) is 15.2. The quantitative estimate of drug-likeness (QED) is 0.858. The molecule has 2 rings (SSSR count). The number of rotatable bonds is 6. The van der Waals surface area contributed by atoms with Crippen molar-refractivity contribution in [3.63, 3.8) is 0 Å². The summed E-state index contributed by atoms with van der Waals surface area (Å²) >= 11 is 0. The first-order valence-electron chi connectivity index (χ1n) is 6.97. The number of hydrogen-bond donors (Lipinski definition) is 2. The Kier molecular flexibility index (Phi) is 5.31. The van der Waals surface area contributed by atoms with Gasteiger partial charge in [-0.15, -0.1) is 0 Å². The first-order valence-corrected chi connectivity index (χ1v) is 6.97. The number of halogens is 1. The standard InChI is InChI=1S/C17H21FN2O/c1-20(2)16-9-3-13(4-10-16)11-19-12-17(21)14-5-7-15(18)8-6-14/h3-10,17,19,21H,11-12H2,1-2H3. The molecular weight excluding hydrogens is 267 g/mol. The molecule has 1 unspecified atom stereocenters. The van der Waals surface area contributed by atoms with Gasteiger partial charge < -0.3 is 15.3 Å². The van der Waals surface area contributed by atoms with E-state index in [2.05, 4.69) is 34.5 Å². The Morgan fingerprint density at radius 3 is 2.24 bits per heavy atom. The Hall–Kier alpha value is -1.91. The second-order valence-corrected chi connectivity index (χ2v) is 5.26. The maximum atomic E-state index is 12.8. The van der Waals surface area contributed by atoms with E-state index >= 15 is 0 Å². The summed E-state index contributed by atoms with van der Waals surface area (Å²) in [6.07, 6.45) is -0.633. The third kappa shape index (κ3) is 4.55. The van der Waals surface area contributed by atoms with Gasteiger partial charge in [0.05, 0.1) is 6.10 Å². The Balaban J connectivity index is 1.82. The van der Waals surface area contributed by atoms with Crippen molar-refractivity contribution in [2.75, 3.05) is 25.5 Å². The number of hydrogen-bond acceptors (Lipinski definition) is 3. The maximum absolute atomic E-state index is 12.8. The molecule has 0 aromatic heterocycles. The van der Waals surface area contributed by atoms with Crippen molar-refractivity contribution in [3.8, 4) is 0 Å². The largest absolute Gasteiger partial charge is 0.387 e. The lowest BCUT2D eigenvalue weighted by Gasteiger charge is -2.14. The van der Waals surface area contributed by atoms with E-state index in [1.807, 2.05) is 14.1 Å². The number of anilines is 1. The maximum Gasteiger partial charge on any atom is 0.123 e. The second kappa shape index (κ2) is 7.20. The minimum absolute atomic E-state index is 0.292. The monoisotopic (exact) mass is 288 g/mol. The van der Waals surface area contributed by atoms with E-state index in [9.17, 15) is 9.50 Å². The molecule has 0 saturated heterocycles. The van der Waals surface area contributed by atoms with Gasteiger partial charge in [-0.2, -0.15) is 0 Å². The number of nitrogens with zero attached hydrogens (tertiary/aromatic N) is 1. The smallest absolute Gasteiger partial charge is 0.123 e. The Bertz CT molecular complexity index is 552. The zero-order valence-electron chi connectivity index (χ0n) is 12.4. The van der Waals surface area contributed by atoms with Crippen LogP contribution in [0.25, 0.3) is 0 Å². The fourth-order valence-electron chi connectivity index (χ4n) is 2.07. The van der Waals surface area contributed by atoms with Crippen LogP contribution in [0.1, 0.15) is 17.2 Å². The van der Waals surface area contributed by atoms with Crippen molar-refractivity contribution >= 4 is 5.69 Å². The highest BCUT2D eigenvalue weighted by Crippen LogP contribution is 2.14. The topological polar surface area (TPSA) is 35.5 Å². The number of benzene rings is 2. The zero-order valence-corrected chi connectivity index (χ0v) is 12.4. The van der Waals surface area contributed by atoms with Crippen LogP contribution < -0.4 is 10.2 Å². The van der Waals surface area contributed by atoms with Gasteiger partial charge in [-0.1, -0.05) is 24.3 Å². The molecule has 3 nitrogen and oxygen atoms in total. The number of nitrogens with one attached hydrogen (secondary N) is 1. The van der Waals surface area contributed by atoms with Crippen LogP contribution in [0.5, 0.6) is 0 Å². The van der Waals surface area contributed by atoms with Crippen molar-refractivity contribution in [1.29, 1.82) is 0 Å². The predicted molar refractivity (Wildman–Crippen MR) is 83.8 cm³/mol. The molecular formula is C17H21FN2O. The fourth-order valence-corrected chi connectivity index (χ4v) is 2.07. The molecule has 2 aromatic carbocycles. The van der Waals surface area contributed by atoms with Crippen molar-refractivity contribution in [3.05, 3.63) is 65.5 Å². The highest BCUT2D eigenvalue weighted by molar-refractivity contribution is 5.45. The third-order valence-corrected chi connectivity index (χ3v) is 3.37. The molecule has 1 atom stereocenters. The molecule has 0 spiro atoms. The summed E-state index contributed by atoms with van der Waals surface area (Å²) in [5.74, 6) is -0.292. The molecule has 0 saturated carbocycles. The second-order valence-electron chi connectivity index (χ2n) is 5.26.